The average molecular weight is 555 g/mol. The standard InChI is InChI=1S/C24H17Br2N3O3/c1-13-3-8-18(11-22(13)29(31)32)27-24(30)20-12-21(15-4-6-16(25)7-5-15)28-23-14(2)9-17(26)10-19(20)23/h3-12H,1-2H3,(H,27,30). The molecule has 0 fully saturated rings. The van der Waals surface area contributed by atoms with Crippen LogP contribution >= 0.6 is 31.9 Å². The zero-order valence-corrected chi connectivity index (χ0v) is 20.3. The highest BCUT2D eigenvalue weighted by Gasteiger charge is 2.18. The molecule has 6 nitrogen and oxygen atoms in total. The summed E-state index contributed by atoms with van der Waals surface area (Å²) >= 11 is 6.93. The number of nitrogens with one attached hydrogen (secondary N) is 1. The van der Waals surface area contributed by atoms with E-state index in [4.69, 9.17) is 4.98 Å². The number of nitrogens with zero attached hydrogens (tertiary/aromatic N) is 2. The monoisotopic (exact) mass is 553 g/mol. The van der Waals surface area contributed by atoms with Gasteiger partial charge in [0.25, 0.3) is 11.6 Å². The van der Waals surface area contributed by atoms with Crippen LogP contribution in [0, 0.1) is 24.0 Å². The fraction of sp³-hybridized carbons (Fsp3) is 0.0833. The lowest BCUT2D eigenvalue weighted by atomic mass is 10.0. The van der Waals surface area contributed by atoms with Crippen LogP contribution in [0.2, 0.25) is 0 Å². The Morgan fingerprint density at radius 2 is 1.66 bits per heavy atom. The molecular formula is C24H17Br2N3O3. The Morgan fingerprint density at radius 1 is 0.938 bits per heavy atom. The zero-order chi connectivity index (χ0) is 23.0. The topological polar surface area (TPSA) is 85.1 Å². The third kappa shape index (κ3) is 4.42. The number of rotatable bonds is 4. The van der Waals surface area contributed by atoms with E-state index in [1.165, 1.54) is 6.07 Å². The van der Waals surface area contributed by atoms with Crippen molar-refractivity contribution in [2.45, 2.75) is 13.8 Å². The SMILES string of the molecule is Cc1ccc(NC(=O)c2cc(-c3ccc(Br)cc3)nc3c(C)cc(Br)cc23)cc1[N+](=O)[O-]. The molecule has 1 amide bonds. The van der Waals surface area contributed by atoms with Crippen LogP contribution in [0.5, 0.6) is 0 Å². The van der Waals surface area contributed by atoms with Gasteiger partial charge in [0, 0.05) is 37.2 Å². The molecule has 0 radical (unpaired) electrons. The molecule has 4 aromatic rings. The van der Waals surface area contributed by atoms with Gasteiger partial charge in [-0.25, -0.2) is 4.98 Å². The molecular weight excluding hydrogens is 538 g/mol. The van der Waals surface area contributed by atoms with E-state index in [1.807, 2.05) is 43.3 Å². The van der Waals surface area contributed by atoms with E-state index in [0.29, 0.717) is 33.4 Å². The molecule has 0 atom stereocenters. The quantitative estimate of drug-likeness (QED) is 0.213. The molecule has 1 N–H and O–H groups in total. The fourth-order valence-electron chi connectivity index (χ4n) is 3.50. The predicted molar refractivity (Wildman–Crippen MR) is 133 cm³/mol. The summed E-state index contributed by atoms with van der Waals surface area (Å²) in [6.45, 7) is 3.60. The minimum absolute atomic E-state index is 0.0449. The van der Waals surface area contributed by atoms with Gasteiger partial charge in [0.1, 0.15) is 0 Å². The van der Waals surface area contributed by atoms with Crippen molar-refractivity contribution in [3.63, 3.8) is 0 Å². The van der Waals surface area contributed by atoms with Gasteiger partial charge in [-0.05, 0) is 55.8 Å². The number of anilines is 1. The van der Waals surface area contributed by atoms with E-state index >= 15 is 0 Å². The van der Waals surface area contributed by atoms with Crippen LogP contribution in [-0.2, 0) is 0 Å². The van der Waals surface area contributed by atoms with Crippen LogP contribution in [0.25, 0.3) is 22.2 Å². The minimum atomic E-state index is -0.459. The summed E-state index contributed by atoms with van der Waals surface area (Å²) in [6.07, 6.45) is 0. The average Bonchev–Trinajstić information content (AvgIpc) is 2.75. The number of nitro groups is 1. The van der Waals surface area contributed by atoms with Gasteiger partial charge in [-0.2, -0.15) is 0 Å². The van der Waals surface area contributed by atoms with Gasteiger partial charge in [0.15, 0.2) is 0 Å². The Hall–Kier alpha value is -3.10. The number of hydrogen-bond donors (Lipinski definition) is 1. The maximum absolute atomic E-state index is 13.3. The van der Waals surface area contributed by atoms with Crippen molar-refractivity contribution in [1.82, 2.24) is 4.98 Å². The normalized spacial score (nSPS) is 10.9. The maximum Gasteiger partial charge on any atom is 0.274 e. The van der Waals surface area contributed by atoms with E-state index in [9.17, 15) is 14.9 Å². The number of amides is 1. The zero-order valence-electron chi connectivity index (χ0n) is 17.1. The van der Waals surface area contributed by atoms with Crippen LogP contribution < -0.4 is 5.32 Å². The highest BCUT2D eigenvalue weighted by atomic mass is 79.9. The third-order valence-corrected chi connectivity index (χ3v) is 6.10. The van der Waals surface area contributed by atoms with Crippen LogP contribution in [0.4, 0.5) is 11.4 Å². The lowest BCUT2D eigenvalue weighted by Gasteiger charge is -2.13. The molecule has 8 heteroatoms. The second-order valence-electron chi connectivity index (χ2n) is 7.39. The lowest BCUT2D eigenvalue weighted by Crippen LogP contribution is -2.13. The molecule has 0 aliphatic carbocycles. The Morgan fingerprint density at radius 3 is 2.34 bits per heavy atom. The van der Waals surface area contributed by atoms with Crippen molar-refractivity contribution in [3.05, 3.63) is 96.4 Å². The Bertz CT molecular complexity index is 1390. The number of nitro benzene ring substituents is 1. The number of fused-ring (bicyclic) bond motifs is 1. The number of aryl methyl sites for hydroxylation is 2. The highest BCUT2D eigenvalue weighted by Crippen LogP contribution is 2.31. The molecule has 0 spiro atoms. The largest absolute Gasteiger partial charge is 0.322 e. The molecule has 160 valence electrons. The molecule has 0 aliphatic heterocycles. The first kappa shape index (κ1) is 22.1. The molecule has 3 aromatic carbocycles. The second-order valence-corrected chi connectivity index (χ2v) is 9.22. The molecule has 0 bridgehead atoms. The summed E-state index contributed by atoms with van der Waals surface area (Å²) in [7, 11) is 0. The maximum atomic E-state index is 13.3. The predicted octanol–water partition coefficient (Wildman–Crippen LogP) is 7.20. The van der Waals surface area contributed by atoms with Gasteiger partial charge < -0.3 is 5.32 Å². The van der Waals surface area contributed by atoms with Crippen molar-refractivity contribution in [2.24, 2.45) is 0 Å². The molecule has 0 saturated heterocycles. The second kappa shape index (κ2) is 8.80. The number of carbonyl (C=O) groups excluding carboxylic acids is 1. The van der Waals surface area contributed by atoms with E-state index in [1.54, 1.807) is 25.1 Å². The van der Waals surface area contributed by atoms with Gasteiger partial charge in [-0.1, -0.05) is 50.1 Å². The van der Waals surface area contributed by atoms with Crippen molar-refractivity contribution in [1.29, 1.82) is 0 Å². The van der Waals surface area contributed by atoms with Crippen molar-refractivity contribution in [2.75, 3.05) is 5.32 Å². The van der Waals surface area contributed by atoms with E-state index < -0.39 is 4.92 Å². The smallest absolute Gasteiger partial charge is 0.274 e. The molecule has 32 heavy (non-hydrogen) atoms. The van der Waals surface area contributed by atoms with Gasteiger partial charge in [0.2, 0.25) is 0 Å². The van der Waals surface area contributed by atoms with E-state index in [-0.39, 0.29) is 11.6 Å². The summed E-state index contributed by atoms with van der Waals surface area (Å²) in [5, 5.41) is 14.8. The number of benzene rings is 3. The van der Waals surface area contributed by atoms with Crippen molar-refractivity contribution in [3.8, 4) is 11.3 Å². The molecule has 1 aromatic heterocycles. The Labute approximate surface area is 201 Å². The van der Waals surface area contributed by atoms with Gasteiger partial charge in [-0.3, -0.25) is 14.9 Å². The first-order valence-electron chi connectivity index (χ1n) is 9.66. The fourth-order valence-corrected chi connectivity index (χ4v) is 4.33. The van der Waals surface area contributed by atoms with Crippen LogP contribution in [0.15, 0.2) is 69.6 Å². The first-order valence-corrected chi connectivity index (χ1v) is 11.2. The Kier molecular flexibility index (Phi) is 6.08. The van der Waals surface area contributed by atoms with Gasteiger partial charge >= 0.3 is 0 Å². The molecule has 4 rings (SSSR count). The lowest BCUT2D eigenvalue weighted by molar-refractivity contribution is -0.385. The first-order chi connectivity index (χ1) is 15.2. The summed E-state index contributed by atoms with van der Waals surface area (Å²) in [5.41, 5.74) is 4.45. The summed E-state index contributed by atoms with van der Waals surface area (Å²) in [4.78, 5) is 29.0. The summed E-state index contributed by atoms with van der Waals surface area (Å²) in [5.74, 6) is -0.369. The number of hydrogen-bond acceptors (Lipinski definition) is 4. The van der Waals surface area contributed by atoms with E-state index in [0.717, 1.165) is 20.1 Å². The van der Waals surface area contributed by atoms with E-state index in [2.05, 4.69) is 37.2 Å². The molecule has 0 saturated carbocycles. The number of pyridine rings is 1. The van der Waals surface area contributed by atoms with Crippen LogP contribution in [0.3, 0.4) is 0 Å². The molecule has 0 aliphatic rings. The minimum Gasteiger partial charge on any atom is -0.322 e. The van der Waals surface area contributed by atoms with Gasteiger partial charge in [0.05, 0.1) is 21.7 Å². The molecule has 1 heterocycles. The van der Waals surface area contributed by atoms with Crippen LogP contribution in [-0.4, -0.2) is 15.8 Å². The Balaban J connectivity index is 1.84. The third-order valence-electron chi connectivity index (χ3n) is 5.12. The number of halogens is 2. The van der Waals surface area contributed by atoms with Gasteiger partial charge in [-0.15, -0.1) is 0 Å². The number of aromatic nitrogens is 1. The van der Waals surface area contributed by atoms with Crippen molar-refractivity contribution < 1.29 is 9.72 Å². The van der Waals surface area contributed by atoms with Crippen molar-refractivity contribution >= 4 is 60.0 Å². The highest BCUT2D eigenvalue weighted by molar-refractivity contribution is 9.10. The molecule has 0 unspecified atom stereocenters. The van der Waals surface area contributed by atoms with Crippen LogP contribution in [0.1, 0.15) is 21.5 Å². The summed E-state index contributed by atoms with van der Waals surface area (Å²) in [6, 6.07) is 17.9. The summed E-state index contributed by atoms with van der Waals surface area (Å²) < 4.78 is 1.78. The number of carbonyl (C=O) groups is 1.